The van der Waals surface area contributed by atoms with Gasteiger partial charge in [0.1, 0.15) is 16.7 Å². The molecule has 16 aromatic rings. The van der Waals surface area contributed by atoms with Crippen LogP contribution in [0.4, 0.5) is 0 Å². The van der Waals surface area contributed by atoms with Gasteiger partial charge in [-0.2, -0.15) is 0 Å². The topological polar surface area (TPSA) is 144 Å². The van der Waals surface area contributed by atoms with Crippen molar-refractivity contribution in [2.24, 2.45) is 0 Å². The van der Waals surface area contributed by atoms with Gasteiger partial charge < -0.3 is 44.0 Å². The normalized spacial score (nSPS) is 10.4. The van der Waals surface area contributed by atoms with Gasteiger partial charge in [0.15, 0.2) is 0 Å². The van der Waals surface area contributed by atoms with E-state index in [1.54, 1.807) is 0 Å². The predicted octanol–water partition coefficient (Wildman–Crippen LogP) is 24.2. The van der Waals surface area contributed by atoms with E-state index in [2.05, 4.69) is 234 Å². The molecular weight excluding hydrogens is 1690 g/mol. The number of hydrogen-bond acceptors (Lipinski definition) is 10. The zero-order valence-corrected chi connectivity index (χ0v) is 68.6. The molecule has 0 unspecified atom stereocenters. The first-order valence-corrected chi connectivity index (χ1v) is 35.8. The minimum Gasteiger partial charge on any atom is -0.501 e. The van der Waals surface area contributed by atoms with Crippen molar-refractivity contribution in [2.75, 3.05) is 14.2 Å². The van der Waals surface area contributed by atoms with Gasteiger partial charge in [0, 0.05) is 73.1 Å². The quantitative estimate of drug-likeness (QED) is 0.127. The Morgan fingerprint density at radius 1 is 0.278 bits per heavy atom. The molecule has 548 valence electrons. The van der Waals surface area contributed by atoms with Gasteiger partial charge in [-0.1, -0.05) is 175 Å². The number of nitrogens with zero attached hydrogens (tertiary/aromatic N) is 6. The van der Waals surface area contributed by atoms with Crippen LogP contribution < -0.4 is 0 Å². The van der Waals surface area contributed by atoms with Crippen LogP contribution in [-0.4, -0.2) is 54.3 Å². The maximum absolute atomic E-state index is 7.00. The van der Waals surface area contributed by atoms with Crippen molar-refractivity contribution in [3.05, 3.63) is 349 Å². The van der Waals surface area contributed by atoms with Crippen LogP contribution in [0.5, 0.6) is 0 Å². The molecule has 16 rings (SSSR count). The van der Waals surface area contributed by atoms with E-state index in [4.69, 9.17) is 19.0 Å². The van der Waals surface area contributed by atoms with Crippen molar-refractivity contribution in [3.8, 4) is 67.5 Å². The average Bonchev–Trinajstić information content (AvgIpc) is 1.62. The Labute approximate surface area is 665 Å². The number of para-hydroxylation sites is 3. The summed E-state index contributed by atoms with van der Waals surface area (Å²) in [6.45, 7) is 25.7. The third-order valence-corrected chi connectivity index (χ3v) is 17.8. The van der Waals surface area contributed by atoms with Gasteiger partial charge in [-0.05, 0) is 143 Å². The van der Waals surface area contributed by atoms with Crippen molar-refractivity contribution >= 4 is 43.9 Å². The van der Waals surface area contributed by atoms with Crippen LogP contribution in [0.3, 0.4) is 0 Å². The number of benzene rings is 8. The summed E-state index contributed by atoms with van der Waals surface area (Å²) in [6.07, 6.45) is 11.6. The Morgan fingerprint density at radius 2 is 0.593 bits per heavy atom. The summed E-state index contributed by atoms with van der Waals surface area (Å²) < 4.78 is 12.1. The smallest absolute Gasteiger partial charge is 0.501 e. The Bertz CT molecular complexity index is 4800. The molecule has 0 spiro atoms. The zero-order chi connectivity index (χ0) is 75.5. The SMILES string of the molecule is CC(C)c1ccc(-c2[c-]cccc2)nc1.CC(C)c1ccc(-c2[c-]cccc2)nc1.CC(C)c1ccc(-c2[c-]cccc2)nc1.CC(C)c1ccc(-c2[c-]cccc2)nc1.CO.CO.Cc1cnc(-c2[c-]ccc3c2oc2ccccc23)cc1C.Cc1cnc(-c2cccc3c2oc2ccccc23)cc1C.[Ir+3].[Ir+3]. The molecule has 12 heteroatoms. The third kappa shape index (κ3) is 22.8. The third-order valence-electron chi connectivity index (χ3n) is 17.8. The monoisotopic (exact) mass is 1780 g/mol. The number of hydrogen-bond donors (Lipinski definition) is 2. The van der Waals surface area contributed by atoms with Gasteiger partial charge in [0.25, 0.3) is 0 Å². The molecule has 10 nitrogen and oxygen atoms in total. The number of furan rings is 2. The molecule has 2 N–H and O–H groups in total. The summed E-state index contributed by atoms with van der Waals surface area (Å²) in [5.74, 6) is 2.13. The molecule has 0 aliphatic rings. The molecule has 0 radical (unpaired) electrons. The van der Waals surface area contributed by atoms with Crippen molar-refractivity contribution < 1.29 is 59.3 Å². The number of rotatable bonds is 10. The minimum atomic E-state index is 0. The van der Waals surface area contributed by atoms with Gasteiger partial charge in [0.05, 0.1) is 11.3 Å². The summed E-state index contributed by atoms with van der Waals surface area (Å²) in [4.78, 5) is 26.9. The molecule has 0 fully saturated rings. The number of aryl methyl sites for hydroxylation is 4. The fraction of sp³-hybridized carbons (Fsp3) is 0.188. The van der Waals surface area contributed by atoms with E-state index < -0.39 is 0 Å². The average molecular weight is 1780 g/mol. The first-order chi connectivity index (χ1) is 51.6. The molecule has 8 aromatic heterocycles. The second-order valence-electron chi connectivity index (χ2n) is 26.4. The molecule has 0 amide bonds. The molecule has 108 heavy (non-hydrogen) atoms. The molecule has 0 aliphatic heterocycles. The van der Waals surface area contributed by atoms with Crippen LogP contribution in [0.15, 0.2) is 283 Å². The van der Waals surface area contributed by atoms with Gasteiger partial charge in [-0.25, -0.2) is 0 Å². The maximum atomic E-state index is 7.00. The molecule has 8 aromatic carbocycles. The number of aromatic nitrogens is 6. The fourth-order valence-corrected chi connectivity index (χ4v) is 11.2. The van der Waals surface area contributed by atoms with Crippen molar-refractivity contribution in [1.29, 1.82) is 0 Å². The molecule has 8 heterocycles. The maximum Gasteiger partial charge on any atom is 3.00 e. The molecule has 0 saturated carbocycles. The Kier molecular flexibility index (Phi) is 33.5. The summed E-state index contributed by atoms with van der Waals surface area (Å²) in [7, 11) is 2.00. The van der Waals surface area contributed by atoms with Crippen LogP contribution in [0.1, 0.15) is 124 Å². The summed E-state index contributed by atoms with van der Waals surface area (Å²) >= 11 is 0. The van der Waals surface area contributed by atoms with Crippen molar-refractivity contribution in [1.82, 2.24) is 29.9 Å². The second kappa shape index (κ2) is 42.7. The zero-order valence-electron chi connectivity index (χ0n) is 63.9. The largest absolute Gasteiger partial charge is 3.00 e. The van der Waals surface area contributed by atoms with Crippen molar-refractivity contribution in [3.63, 3.8) is 0 Å². The van der Waals surface area contributed by atoms with Crippen LogP contribution in [0, 0.1) is 58.0 Å². The standard InChI is InChI=1S/C19H15NO.C19H14NO.4C14H14N.2CH4O.2Ir/c2*1-12-10-17(20-11-13(12)2)16-8-5-7-15-14-6-3-4-9-18(14)21-19(15)16;4*1-11(2)13-8-9-14(15-10-13)12-6-4-3-5-7-12;2*1-2;;/h3-11H,1-2H3;3-7,9-11H,1-2H3;4*3-6,8-11H,1-2H3;2*2H,1H3;;/q;5*-1;;;2*+3. The first kappa shape index (κ1) is 84.7. The van der Waals surface area contributed by atoms with Crippen LogP contribution >= 0.6 is 0 Å². The second-order valence-corrected chi connectivity index (χ2v) is 26.4. The van der Waals surface area contributed by atoms with E-state index in [0.29, 0.717) is 23.7 Å². The van der Waals surface area contributed by atoms with Gasteiger partial charge >= 0.3 is 40.2 Å². The Balaban J connectivity index is 0.000000179. The predicted molar refractivity (Wildman–Crippen MR) is 438 cm³/mol. The molecule has 0 aliphatic carbocycles. The fourth-order valence-electron chi connectivity index (χ4n) is 11.2. The van der Waals surface area contributed by atoms with E-state index in [1.807, 2.05) is 183 Å². The van der Waals surface area contributed by atoms with Gasteiger partial charge in [-0.3, -0.25) is 4.98 Å². The van der Waals surface area contributed by atoms with E-state index in [1.165, 1.54) is 44.5 Å². The van der Waals surface area contributed by atoms with Crippen LogP contribution in [0.25, 0.3) is 111 Å². The van der Waals surface area contributed by atoms with Crippen molar-refractivity contribution in [2.45, 2.75) is 107 Å². The van der Waals surface area contributed by atoms with E-state index in [9.17, 15) is 0 Å². The summed E-state index contributed by atoms with van der Waals surface area (Å²) in [5.41, 5.74) is 25.5. The van der Waals surface area contributed by atoms with E-state index in [-0.39, 0.29) is 40.2 Å². The number of aliphatic hydroxyl groups excluding tert-OH is 2. The molecule has 0 saturated heterocycles. The molecular formula is C96H93Ir2N6O4+. The Hall–Kier alpha value is -10.5. The van der Waals surface area contributed by atoms with Crippen LogP contribution in [-0.2, 0) is 40.2 Å². The van der Waals surface area contributed by atoms with Crippen LogP contribution in [0.2, 0.25) is 0 Å². The van der Waals surface area contributed by atoms with E-state index >= 15 is 0 Å². The summed E-state index contributed by atoms with van der Waals surface area (Å²) in [6, 6.07) is 95.0. The number of fused-ring (bicyclic) bond motifs is 6. The van der Waals surface area contributed by atoms with E-state index in [0.717, 1.165) is 126 Å². The summed E-state index contributed by atoms with van der Waals surface area (Å²) in [5, 5.41) is 18.5. The Morgan fingerprint density at radius 3 is 0.926 bits per heavy atom. The molecule has 0 bridgehead atoms. The molecule has 0 atom stereocenters. The number of aliphatic hydroxyl groups is 2. The number of pyridine rings is 6. The van der Waals surface area contributed by atoms with Gasteiger partial charge in [0.2, 0.25) is 0 Å². The first-order valence-electron chi connectivity index (χ1n) is 35.8. The minimum absolute atomic E-state index is 0. The van der Waals surface area contributed by atoms with Gasteiger partial charge in [-0.15, -0.1) is 162 Å².